The molecule has 0 atom stereocenters. The average molecular weight is 390 g/mol. The topological polar surface area (TPSA) is 37.3 Å². The van der Waals surface area contributed by atoms with E-state index in [1.807, 2.05) is 35.2 Å². The van der Waals surface area contributed by atoms with E-state index in [1.54, 1.807) is 0 Å². The molecule has 148 valence electrons. The molecule has 1 aromatic carbocycles. The minimum atomic E-state index is 0.158. The first-order valence-corrected chi connectivity index (χ1v) is 10.2. The van der Waals surface area contributed by atoms with Crippen molar-refractivity contribution in [1.29, 1.82) is 0 Å². The number of nitrogens with one attached hydrogen (secondary N) is 1. The van der Waals surface area contributed by atoms with Crippen LogP contribution in [0.2, 0.25) is 5.02 Å². The quantitative estimate of drug-likeness (QED) is 0.572. The Bertz CT molecular complexity index is 711. The molecule has 0 bridgehead atoms. The van der Waals surface area contributed by atoms with E-state index in [-0.39, 0.29) is 5.91 Å². The average Bonchev–Trinajstić information content (AvgIpc) is 3.06. The first kappa shape index (κ1) is 21.5. The summed E-state index contributed by atoms with van der Waals surface area (Å²) in [7, 11) is 0. The van der Waals surface area contributed by atoms with Gasteiger partial charge in [-0.15, -0.1) is 0 Å². The van der Waals surface area contributed by atoms with Crippen LogP contribution >= 0.6 is 11.6 Å². The maximum Gasteiger partial charge on any atom is 0.236 e. The van der Waals surface area contributed by atoms with Crippen LogP contribution in [0.15, 0.2) is 42.6 Å². The summed E-state index contributed by atoms with van der Waals surface area (Å²) in [6.07, 6.45) is 4.28. The third kappa shape index (κ3) is 7.04. The number of carbonyl (C=O) groups excluding carboxylic acids is 1. The first-order valence-electron chi connectivity index (χ1n) is 9.87. The summed E-state index contributed by atoms with van der Waals surface area (Å²) < 4.78 is 2.17. The van der Waals surface area contributed by atoms with Gasteiger partial charge in [0.1, 0.15) is 0 Å². The summed E-state index contributed by atoms with van der Waals surface area (Å²) in [5.74, 6) is 0.585. The van der Waals surface area contributed by atoms with Crippen LogP contribution in [0.25, 0.3) is 0 Å². The molecule has 1 N–H and O–H groups in total. The number of hydrogen-bond donors (Lipinski definition) is 1. The van der Waals surface area contributed by atoms with E-state index >= 15 is 0 Å². The molecule has 27 heavy (non-hydrogen) atoms. The van der Waals surface area contributed by atoms with Gasteiger partial charge in [0.2, 0.25) is 5.91 Å². The number of hydrogen-bond acceptors (Lipinski definition) is 2. The number of aromatic nitrogens is 1. The molecule has 5 heteroatoms. The molecule has 0 spiro atoms. The number of rotatable bonds is 11. The molecule has 0 saturated heterocycles. The number of carbonyl (C=O) groups is 1. The van der Waals surface area contributed by atoms with Crippen molar-refractivity contribution in [3.05, 3.63) is 58.9 Å². The van der Waals surface area contributed by atoms with Gasteiger partial charge in [0.05, 0.1) is 13.1 Å². The molecule has 0 unspecified atom stereocenters. The number of halogens is 1. The lowest BCUT2D eigenvalue weighted by Crippen LogP contribution is -2.40. The van der Waals surface area contributed by atoms with Crippen LogP contribution in [0.1, 0.15) is 44.9 Å². The van der Waals surface area contributed by atoms with Crippen molar-refractivity contribution in [2.45, 2.75) is 46.7 Å². The zero-order chi connectivity index (χ0) is 19.6. The van der Waals surface area contributed by atoms with E-state index in [1.165, 1.54) is 0 Å². The highest BCUT2D eigenvalue weighted by molar-refractivity contribution is 6.31. The molecule has 0 aliphatic rings. The Hall–Kier alpha value is -1.78. The largest absolute Gasteiger partial charge is 0.345 e. The van der Waals surface area contributed by atoms with Crippen LogP contribution in [0.5, 0.6) is 0 Å². The number of benzene rings is 1. The smallest absolute Gasteiger partial charge is 0.236 e. The molecule has 1 heterocycles. The molecule has 0 fully saturated rings. The van der Waals surface area contributed by atoms with Gasteiger partial charge in [-0.1, -0.05) is 57.0 Å². The predicted molar refractivity (Wildman–Crippen MR) is 113 cm³/mol. The molecule has 2 aromatic rings. The zero-order valence-corrected chi connectivity index (χ0v) is 17.5. The van der Waals surface area contributed by atoms with Crippen molar-refractivity contribution < 1.29 is 4.79 Å². The Morgan fingerprint density at radius 2 is 2.00 bits per heavy atom. The highest BCUT2D eigenvalue weighted by atomic mass is 35.5. The van der Waals surface area contributed by atoms with Gasteiger partial charge >= 0.3 is 0 Å². The van der Waals surface area contributed by atoms with Gasteiger partial charge in [-0.25, -0.2) is 0 Å². The van der Waals surface area contributed by atoms with Gasteiger partial charge in [0.15, 0.2) is 0 Å². The summed E-state index contributed by atoms with van der Waals surface area (Å²) in [4.78, 5) is 14.7. The molecule has 2 rings (SSSR count). The highest BCUT2D eigenvalue weighted by Crippen LogP contribution is 2.18. The van der Waals surface area contributed by atoms with Crippen molar-refractivity contribution in [3.8, 4) is 0 Å². The molecular weight excluding hydrogens is 358 g/mol. The lowest BCUT2D eigenvalue weighted by Gasteiger charge is -2.26. The normalized spacial score (nSPS) is 11.1. The van der Waals surface area contributed by atoms with E-state index in [4.69, 9.17) is 11.6 Å². The lowest BCUT2D eigenvalue weighted by atomic mass is 10.2. The summed E-state index contributed by atoms with van der Waals surface area (Å²) in [5.41, 5.74) is 2.21. The van der Waals surface area contributed by atoms with Gasteiger partial charge in [0.25, 0.3) is 0 Å². The zero-order valence-electron chi connectivity index (χ0n) is 16.7. The Labute approximate surface area is 168 Å². The summed E-state index contributed by atoms with van der Waals surface area (Å²) >= 11 is 6.32. The van der Waals surface area contributed by atoms with Crippen LogP contribution in [0, 0.1) is 5.92 Å². The van der Waals surface area contributed by atoms with Gasteiger partial charge in [-0.05, 0) is 42.6 Å². The fraction of sp³-hybridized carbons (Fsp3) is 0.500. The van der Waals surface area contributed by atoms with Crippen molar-refractivity contribution in [2.75, 3.05) is 19.6 Å². The fourth-order valence-corrected chi connectivity index (χ4v) is 3.25. The third-order valence-corrected chi connectivity index (χ3v) is 4.87. The summed E-state index contributed by atoms with van der Waals surface area (Å²) in [5, 5.41) is 4.04. The second kappa shape index (κ2) is 11.2. The minimum absolute atomic E-state index is 0.158. The maximum atomic E-state index is 12.7. The number of unbranched alkanes of at least 4 members (excludes halogenated alkanes) is 1. The second-order valence-electron chi connectivity index (χ2n) is 7.42. The van der Waals surface area contributed by atoms with E-state index in [0.717, 1.165) is 42.2 Å². The molecule has 0 aliphatic heterocycles. The van der Waals surface area contributed by atoms with Crippen LogP contribution in [0.3, 0.4) is 0 Å². The number of nitrogens with zero attached hydrogens (tertiary/aromatic N) is 2. The predicted octanol–water partition coefficient (Wildman–Crippen LogP) is 4.56. The monoisotopic (exact) mass is 389 g/mol. The Balaban J connectivity index is 2.05. The Morgan fingerprint density at radius 1 is 1.22 bits per heavy atom. The van der Waals surface area contributed by atoms with Gasteiger partial charge in [0, 0.05) is 30.0 Å². The van der Waals surface area contributed by atoms with E-state index < -0.39 is 0 Å². The first-order chi connectivity index (χ1) is 13.0. The molecular formula is C22H32ClN3O. The van der Waals surface area contributed by atoms with Crippen LogP contribution in [0.4, 0.5) is 0 Å². The molecule has 1 aromatic heterocycles. The maximum absolute atomic E-state index is 12.7. The van der Waals surface area contributed by atoms with Crippen molar-refractivity contribution >= 4 is 17.5 Å². The molecule has 0 aliphatic carbocycles. The standard InChI is InChI=1S/C22H32ClN3O/c1-4-5-12-24-14-22(27)26(15-18(2)3)17-20-10-8-13-25(20)16-19-9-6-7-11-21(19)23/h6-11,13,18,24H,4-5,12,14-17H2,1-3H3. The summed E-state index contributed by atoms with van der Waals surface area (Å²) in [6, 6.07) is 12.0. The lowest BCUT2D eigenvalue weighted by molar-refractivity contribution is -0.131. The van der Waals surface area contributed by atoms with Crippen LogP contribution in [-0.4, -0.2) is 35.0 Å². The Kier molecular flexibility index (Phi) is 8.89. The van der Waals surface area contributed by atoms with Crippen molar-refractivity contribution in [3.63, 3.8) is 0 Å². The van der Waals surface area contributed by atoms with Gasteiger partial charge in [-0.2, -0.15) is 0 Å². The van der Waals surface area contributed by atoms with Gasteiger partial charge in [-0.3, -0.25) is 4.79 Å². The minimum Gasteiger partial charge on any atom is -0.345 e. The van der Waals surface area contributed by atoms with E-state index in [2.05, 4.69) is 42.9 Å². The molecule has 1 amide bonds. The SMILES string of the molecule is CCCCNCC(=O)N(Cc1cccn1Cc1ccccc1Cl)CC(C)C. The fourth-order valence-electron chi connectivity index (χ4n) is 3.06. The molecule has 4 nitrogen and oxygen atoms in total. The molecule has 0 radical (unpaired) electrons. The van der Waals surface area contributed by atoms with Crippen molar-refractivity contribution in [2.24, 2.45) is 5.92 Å². The van der Waals surface area contributed by atoms with Crippen molar-refractivity contribution in [1.82, 2.24) is 14.8 Å². The molecule has 0 saturated carbocycles. The number of amides is 1. The second-order valence-corrected chi connectivity index (χ2v) is 7.82. The van der Waals surface area contributed by atoms with E-state index in [0.29, 0.717) is 25.6 Å². The third-order valence-electron chi connectivity index (χ3n) is 4.50. The Morgan fingerprint density at radius 3 is 2.70 bits per heavy atom. The summed E-state index contributed by atoms with van der Waals surface area (Å²) in [6.45, 7) is 9.82. The van der Waals surface area contributed by atoms with Crippen LogP contribution in [-0.2, 0) is 17.9 Å². The highest BCUT2D eigenvalue weighted by Gasteiger charge is 2.17. The van der Waals surface area contributed by atoms with Gasteiger partial charge < -0.3 is 14.8 Å². The van der Waals surface area contributed by atoms with Crippen LogP contribution < -0.4 is 5.32 Å². The van der Waals surface area contributed by atoms with E-state index in [9.17, 15) is 4.79 Å².